The lowest BCUT2D eigenvalue weighted by Crippen LogP contribution is -2.32. The molecule has 2 unspecified atom stereocenters. The average Bonchev–Trinajstić information content (AvgIpc) is 2.14. The molecule has 0 amide bonds. The molecule has 1 rings (SSSR count). The quantitative estimate of drug-likeness (QED) is 0.807. The van der Waals surface area contributed by atoms with Gasteiger partial charge in [0.2, 0.25) is 0 Å². The molecule has 0 spiro atoms. The van der Waals surface area contributed by atoms with E-state index in [9.17, 15) is 10.2 Å². The van der Waals surface area contributed by atoms with Gasteiger partial charge in [-0.05, 0) is 30.4 Å². The van der Waals surface area contributed by atoms with Crippen LogP contribution in [0.15, 0.2) is 18.2 Å². The maximum Gasteiger partial charge on any atom is 0.106 e. The van der Waals surface area contributed by atoms with Crippen molar-refractivity contribution in [2.45, 2.75) is 46.8 Å². The Hall–Kier alpha value is -0.860. The van der Waals surface area contributed by atoms with Crippen LogP contribution in [-0.2, 0) is 0 Å². The van der Waals surface area contributed by atoms with E-state index in [-0.39, 0.29) is 5.41 Å². The van der Waals surface area contributed by atoms with Gasteiger partial charge in [-0.3, -0.25) is 0 Å². The fourth-order valence-corrected chi connectivity index (χ4v) is 1.80. The molecule has 2 heteroatoms. The highest BCUT2D eigenvalue weighted by atomic mass is 16.3. The average molecular weight is 222 g/mol. The Balaban J connectivity index is 3.01. The van der Waals surface area contributed by atoms with E-state index in [0.29, 0.717) is 0 Å². The standard InChI is InChI=1S/C14H22O2/c1-9-6-7-11(10(2)8-9)12(15)13(16)14(3,4)5/h6-8,12-13,15-16H,1-5H3. The Bertz CT molecular complexity index is 363. The van der Waals surface area contributed by atoms with Gasteiger partial charge in [-0.25, -0.2) is 0 Å². The molecule has 1 aromatic rings. The van der Waals surface area contributed by atoms with Gasteiger partial charge >= 0.3 is 0 Å². The van der Waals surface area contributed by atoms with E-state index in [4.69, 9.17) is 0 Å². The summed E-state index contributed by atoms with van der Waals surface area (Å²) in [5.74, 6) is 0. The van der Waals surface area contributed by atoms with Gasteiger partial charge in [0.25, 0.3) is 0 Å². The van der Waals surface area contributed by atoms with E-state index >= 15 is 0 Å². The molecule has 0 bridgehead atoms. The summed E-state index contributed by atoms with van der Waals surface area (Å²) >= 11 is 0. The molecule has 0 fully saturated rings. The molecule has 0 saturated heterocycles. The first kappa shape index (κ1) is 13.2. The molecule has 0 saturated carbocycles. The van der Waals surface area contributed by atoms with Crippen molar-refractivity contribution in [1.82, 2.24) is 0 Å². The summed E-state index contributed by atoms with van der Waals surface area (Å²) in [7, 11) is 0. The van der Waals surface area contributed by atoms with Crippen LogP contribution >= 0.6 is 0 Å². The Morgan fingerprint density at radius 1 is 1.06 bits per heavy atom. The predicted molar refractivity (Wildman–Crippen MR) is 66.3 cm³/mol. The fraction of sp³-hybridized carbons (Fsp3) is 0.571. The minimum atomic E-state index is -0.819. The van der Waals surface area contributed by atoms with Gasteiger partial charge in [0.15, 0.2) is 0 Å². The van der Waals surface area contributed by atoms with Crippen LogP contribution in [0.4, 0.5) is 0 Å². The van der Waals surface area contributed by atoms with Crippen molar-refractivity contribution in [2.24, 2.45) is 5.41 Å². The summed E-state index contributed by atoms with van der Waals surface area (Å²) in [4.78, 5) is 0. The third-order valence-corrected chi connectivity index (χ3v) is 2.93. The molecule has 0 heterocycles. The fourth-order valence-electron chi connectivity index (χ4n) is 1.80. The van der Waals surface area contributed by atoms with E-state index in [1.165, 1.54) is 5.56 Å². The van der Waals surface area contributed by atoms with E-state index in [2.05, 4.69) is 0 Å². The zero-order chi connectivity index (χ0) is 12.5. The topological polar surface area (TPSA) is 40.5 Å². The van der Waals surface area contributed by atoms with Crippen LogP contribution in [0.5, 0.6) is 0 Å². The molecule has 1 aromatic carbocycles. The smallest absolute Gasteiger partial charge is 0.106 e. The van der Waals surface area contributed by atoms with Gasteiger partial charge in [0.1, 0.15) is 6.10 Å². The highest BCUT2D eigenvalue weighted by Crippen LogP contribution is 2.31. The molecule has 16 heavy (non-hydrogen) atoms. The number of aliphatic hydroxyl groups is 2. The van der Waals surface area contributed by atoms with E-state index in [1.807, 2.05) is 52.8 Å². The second kappa shape index (κ2) is 4.56. The van der Waals surface area contributed by atoms with Crippen molar-refractivity contribution in [3.05, 3.63) is 34.9 Å². The number of aliphatic hydroxyl groups excluding tert-OH is 2. The van der Waals surface area contributed by atoms with Gasteiger partial charge < -0.3 is 10.2 Å². The molecule has 2 atom stereocenters. The Morgan fingerprint density at radius 3 is 2.06 bits per heavy atom. The van der Waals surface area contributed by atoms with Crippen molar-refractivity contribution < 1.29 is 10.2 Å². The zero-order valence-corrected chi connectivity index (χ0v) is 10.8. The lowest BCUT2D eigenvalue weighted by atomic mass is 9.82. The first-order valence-corrected chi connectivity index (χ1v) is 5.67. The van der Waals surface area contributed by atoms with Gasteiger partial charge in [0, 0.05) is 0 Å². The van der Waals surface area contributed by atoms with Crippen molar-refractivity contribution in [2.75, 3.05) is 0 Å². The van der Waals surface area contributed by atoms with E-state index < -0.39 is 12.2 Å². The zero-order valence-electron chi connectivity index (χ0n) is 10.8. The van der Waals surface area contributed by atoms with Crippen LogP contribution in [0, 0.1) is 19.3 Å². The number of rotatable bonds is 2. The number of hydrogen-bond donors (Lipinski definition) is 2. The first-order valence-electron chi connectivity index (χ1n) is 5.67. The van der Waals surface area contributed by atoms with Crippen LogP contribution in [0.3, 0.4) is 0 Å². The first-order chi connectivity index (χ1) is 7.23. The van der Waals surface area contributed by atoms with Crippen LogP contribution in [0.1, 0.15) is 43.6 Å². The maximum atomic E-state index is 10.1. The lowest BCUT2D eigenvalue weighted by molar-refractivity contribution is -0.0461. The van der Waals surface area contributed by atoms with Crippen molar-refractivity contribution in [1.29, 1.82) is 0 Å². The highest BCUT2D eigenvalue weighted by Gasteiger charge is 2.30. The van der Waals surface area contributed by atoms with Crippen molar-refractivity contribution in [3.63, 3.8) is 0 Å². The second-order valence-corrected chi connectivity index (χ2v) is 5.62. The molecule has 0 aliphatic carbocycles. The Kier molecular flexibility index (Phi) is 3.76. The predicted octanol–water partition coefficient (Wildman–Crippen LogP) is 2.74. The molecule has 2 N–H and O–H groups in total. The number of aryl methyl sites for hydroxylation is 2. The molecule has 0 aliphatic heterocycles. The van der Waals surface area contributed by atoms with Crippen LogP contribution < -0.4 is 0 Å². The largest absolute Gasteiger partial charge is 0.390 e. The molecular formula is C14H22O2. The molecule has 0 aromatic heterocycles. The van der Waals surface area contributed by atoms with E-state index in [1.54, 1.807) is 0 Å². The van der Waals surface area contributed by atoms with E-state index in [0.717, 1.165) is 11.1 Å². The van der Waals surface area contributed by atoms with Crippen molar-refractivity contribution in [3.8, 4) is 0 Å². The Morgan fingerprint density at radius 2 is 1.62 bits per heavy atom. The normalized spacial score (nSPS) is 15.9. The molecule has 2 nitrogen and oxygen atoms in total. The van der Waals surface area contributed by atoms with Gasteiger partial charge in [-0.15, -0.1) is 0 Å². The Labute approximate surface area is 97.9 Å². The summed E-state index contributed by atoms with van der Waals surface area (Å²) in [6.45, 7) is 9.74. The van der Waals surface area contributed by atoms with Crippen LogP contribution in [0.25, 0.3) is 0 Å². The summed E-state index contributed by atoms with van der Waals surface area (Å²) < 4.78 is 0. The molecule has 90 valence electrons. The number of hydrogen-bond acceptors (Lipinski definition) is 2. The maximum absolute atomic E-state index is 10.1. The highest BCUT2D eigenvalue weighted by molar-refractivity contribution is 5.32. The third kappa shape index (κ3) is 2.83. The SMILES string of the molecule is Cc1ccc(C(O)C(O)C(C)(C)C)c(C)c1. The van der Waals surface area contributed by atoms with Gasteiger partial charge in [-0.2, -0.15) is 0 Å². The molecule has 0 aliphatic rings. The van der Waals surface area contributed by atoms with Crippen LogP contribution in [0.2, 0.25) is 0 Å². The summed E-state index contributed by atoms with van der Waals surface area (Å²) in [5.41, 5.74) is 2.68. The minimum absolute atomic E-state index is 0.323. The minimum Gasteiger partial charge on any atom is -0.390 e. The summed E-state index contributed by atoms with van der Waals surface area (Å²) in [6, 6.07) is 5.87. The molecule has 0 radical (unpaired) electrons. The lowest BCUT2D eigenvalue weighted by Gasteiger charge is -2.30. The van der Waals surface area contributed by atoms with Crippen LogP contribution in [-0.4, -0.2) is 16.3 Å². The van der Waals surface area contributed by atoms with Crippen molar-refractivity contribution >= 4 is 0 Å². The van der Waals surface area contributed by atoms with Gasteiger partial charge in [0.05, 0.1) is 6.10 Å². The summed E-state index contributed by atoms with van der Waals surface area (Å²) in [5, 5.41) is 20.2. The second-order valence-electron chi connectivity index (χ2n) is 5.62. The molecular weight excluding hydrogens is 200 g/mol. The summed E-state index contributed by atoms with van der Waals surface area (Å²) in [6.07, 6.45) is -1.57. The monoisotopic (exact) mass is 222 g/mol. The van der Waals surface area contributed by atoms with Gasteiger partial charge in [-0.1, -0.05) is 44.5 Å². The number of benzene rings is 1. The third-order valence-electron chi connectivity index (χ3n) is 2.93.